The minimum Gasteiger partial charge on any atom is -0.367 e. The second-order valence-electron chi connectivity index (χ2n) is 3.23. The van der Waals surface area contributed by atoms with Gasteiger partial charge in [0.2, 0.25) is 5.95 Å². The van der Waals surface area contributed by atoms with Gasteiger partial charge in [-0.05, 0) is 15.9 Å². The van der Waals surface area contributed by atoms with Crippen molar-refractivity contribution >= 4 is 27.7 Å². The number of nitrogens with one attached hydrogen (secondary N) is 2. The molecule has 2 N–H and O–H groups in total. The van der Waals surface area contributed by atoms with Gasteiger partial charge >= 0.3 is 0 Å². The van der Waals surface area contributed by atoms with E-state index in [0.717, 1.165) is 16.8 Å². The summed E-state index contributed by atoms with van der Waals surface area (Å²) in [6.07, 6.45) is 5.17. The first kappa shape index (κ1) is 11.8. The van der Waals surface area contributed by atoms with E-state index in [4.69, 9.17) is 0 Å². The Morgan fingerprint density at radius 3 is 3.06 bits per heavy atom. The largest absolute Gasteiger partial charge is 0.367 e. The standard InChI is InChI=1S/C9H12BrN7/c1-11-9-13-6-7(10)8(15-9)12-2-4-17-5-3-14-16-17/h3,5-6H,2,4H2,1H3,(H2,11,12,13,15). The van der Waals surface area contributed by atoms with Crippen LogP contribution >= 0.6 is 15.9 Å². The quantitative estimate of drug-likeness (QED) is 0.856. The molecule has 2 aromatic rings. The molecule has 0 atom stereocenters. The third-order valence-corrected chi connectivity index (χ3v) is 2.65. The molecule has 0 radical (unpaired) electrons. The van der Waals surface area contributed by atoms with Crippen molar-refractivity contribution in [3.8, 4) is 0 Å². The van der Waals surface area contributed by atoms with Gasteiger partial charge in [-0.2, -0.15) is 4.98 Å². The molecule has 7 nitrogen and oxygen atoms in total. The van der Waals surface area contributed by atoms with Crippen LogP contribution in [0.2, 0.25) is 0 Å². The summed E-state index contributed by atoms with van der Waals surface area (Å²) in [6.45, 7) is 1.44. The Balaban J connectivity index is 1.94. The summed E-state index contributed by atoms with van der Waals surface area (Å²) in [5.74, 6) is 1.33. The second kappa shape index (κ2) is 5.58. The molecule has 0 bridgehead atoms. The maximum atomic E-state index is 4.28. The molecule has 0 unspecified atom stereocenters. The molecule has 0 aliphatic carbocycles. The lowest BCUT2D eigenvalue weighted by Crippen LogP contribution is -2.13. The molecule has 0 saturated carbocycles. The highest BCUT2D eigenvalue weighted by molar-refractivity contribution is 9.10. The summed E-state index contributed by atoms with van der Waals surface area (Å²) < 4.78 is 2.58. The van der Waals surface area contributed by atoms with Gasteiger partial charge in [0.15, 0.2) is 0 Å². The molecule has 17 heavy (non-hydrogen) atoms. The molecule has 2 rings (SSSR count). The lowest BCUT2D eigenvalue weighted by Gasteiger charge is -2.08. The van der Waals surface area contributed by atoms with Crippen LogP contribution in [0.25, 0.3) is 0 Å². The fourth-order valence-electron chi connectivity index (χ4n) is 1.25. The van der Waals surface area contributed by atoms with Crippen LogP contribution in [0.4, 0.5) is 11.8 Å². The van der Waals surface area contributed by atoms with E-state index < -0.39 is 0 Å². The van der Waals surface area contributed by atoms with Crippen molar-refractivity contribution in [1.29, 1.82) is 0 Å². The van der Waals surface area contributed by atoms with Gasteiger partial charge in [-0.15, -0.1) is 5.10 Å². The molecule has 8 heteroatoms. The smallest absolute Gasteiger partial charge is 0.224 e. The monoisotopic (exact) mass is 297 g/mol. The van der Waals surface area contributed by atoms with Gasteiger partial charge in [0.1, 0.15) is 5.82 Å². The molecule has 0 amide bonds. The van der Waals surface area contributed by atoms with Gasteiger partial charge in [-0.25, -0.2) is 4.98 Å². The first-order valence-electron chi connectivity index (χ1n) is 5.08. The van der Waals surface area contributed by atoms with Gasteiger partial charge in [-0.1, -0.05) is 5.21 Å². The summed E-state index contributed by atoms with van der Waals surface area (Å²) in [5.41, 5.74) is 0. The van der Waals surface area contributed by atoms with E-state index in [1.165, 1.54) is 0 Å². The van der Waals surface area contributed by atoms with Crippen molar-refractivity contribution in [3.05, 3.63) is 23.1 Å². The van der Waals surface area contributed by atoms with E-state index in [9.17, 15) is 0 Å². The van der Waals surface area contributed by atoms with Crippen LogP contribution in [0.15, 0.2) is 23.1 Å². The van der Waals surface area contributed by atoms with E-state index >= 15 is 0 Å². The van der Waals surface area contributed by atoms with Crippen molar-refractivity contribution in [2.75, 3.05) is 24.2 Å². The summed E-state index contributed by atoms with van der Waals surface area (Å²) in [5, 5.41) is 13.7. The number of hydrogen-bond acceptors (Lipinski definition) is 6. The fourth-order valence-corrected chi connectivity index (χ4v) is 1.58. The molecule has 90 valence electrons. The fraction of sp³-hybridized carbons (Fsp3) is 0.333. The highest BCUT2D eigenvalue weighted by atomic mass is 79.9. The molecule has 0 spiro atoms. The topological polar surface area (TPSA) is 80.5 Å². The van der Waals surface area contributed by atoms with E-state index in [-0.39, 0.29) is 0 Å². The Morgan fingerprint density at radius 1 is 1.47 bits per heavy atom. The van der Waals surface area contributed by atoms with Crippen LogP contribution in [-0.4, -0.2) is 38.6 Å². The van der Waals surface area contributed by atoms with Gasteiger partial charge < -0.3 is 10.6 Å². The molecule has 0 aliphatic rings. The number of rotatable bonds is 5. The molecule has 0 saturated heterocycles. The third kappa shape index (κ3) is 3.13. The van der Waals surface area contributed by atoms with E-state index in [1.54, 1.807) is 24.1 Å². The zero-order chi connectivity index (χ0) is 12.1. The van der Waals surface area contributed by atoms with Gasteiger partial charge in [-0.3, -0.25) is 4.68 Å². The normalized spacial score (nSPS) is 10.2. The predicted molar refractivity (Wildman–Crippen MR) is 67.8 cm³/mol. The Hall–Kier alpha value is -1.70. The average Bonchev–Trinajstić information content (AvgIpc) is 2.84. The second-order valence-corrected chi connectivity index (χ2v) is 4.09. The zero-order valence-corrected chi connectivity index (χ0v) is 10.8. The Bertz CT molecular complexity index is 470. The van der Waals surface area contributed by atoms with Crippen LogP contribution < -0.4 is 10.6 Å². The van der Waals surface area contributed by atoms with Crippen molar-refractivity contribution in [3.63, 3.8) is 0 Å². The minimum atomic E-state index is 0.580. The van der Waals surface area contributed by atoms with Gasteiger partial charge in [0, 0.05) is 26.0 Å². The average molecular weight is 298 g/mol. The molecule has 2 aromatic heterocycles. The van der Waals surface area contributed by atoms with Crippen LogP contribution in [0, 0.1) is 0 Å². The van der Waals surface area contributed by atoms with Gasteiger partial charge in [0.25, 0.3) is 0 Å². The van der Waals surface area contributed by atoms with E-state index in [0.29, 0.717) is 12.5 Å². The molecule has 0 aliphatic heterocycles. The van der Waals surface area contributed by atoms with Crippen LogP contribution in [0.5, 0.6) is 0 Å². The number of halogens is 1. The number of aromatic nitrogens is 5. The summed E-state index contributed by atoms with van der Waals surface area (Å²) in [4.78, 5) is 8.36. The van der Waals surface area contributed by atoms with Crippen molar-refractivity contribution in [2.45, 2.75) is 6.54 Å². The Labute approximate surface area is 107 Å². The first-order chi connectivity index (χ1) is 8.29. The van der Waals surface area contributed by atoms with Gasteiger partial charge in [0.05, 0.1) is 17.2 Å². The molecule has 0 aromatic carbocycles. The highest BCUT2D eigenvalue weighted by Crippen LogP contribution is 2.19. The van der Waals surface area contributed by atoms with Crippen molar-refractivity contribution in [2.24, 2.45) is 0 Å². The van der Waals surface area contributed by atoms with E-state index in [1.807, 2.05) is 6.20 Å². The molecule has 2 heterocycles. The SMILES string of the molecule is CNc1ncc(Br)c(NCCn2ccnn2)n1. The molecular weight excluding hydrogens is 286 g/mol. The zero-order valence-electron chi connectivity index (χ0n) is 9.26. The first-order valence-corrected chi connectivity index (χ1v) is 5.87. The Kier molecular flexibility index (Phi) is 3.86. The van der Waals surface area contributed by atoms with Crippen LogP contribution in [0.1, 0.15) is 0 Å². The van der Waals surface area contributed by atoms with Crippen LogP contribution in [0.3, 0.4) is 0 Å². The van der Waals surface area contributed by atoms with Crippen LogP contribution in [-0.2, 0) is 6.54 Å². The van der Waals surface area contributed by atoms with Crippen molar-refractivity contribution < 1.29 is 0 Å². The summed E-state index contributed by atoms with van der Waals surface area (Å²) in [7, 11) is 1.78. The number of anilines is 2. The molecular formula is C9H12BrN7. The maximum absolute atomic E-state index is 4.28. The minimum absolute atomic E-state index is 0.580. The Morgan fingerprint density at radius 2 is 2.35 bits per heavy atom. The number of hydrogen-bond donors (Lipinski definition) is 2. The maximum Gasteiger partial charge on any atom is 0.224 e. The molecule has 0 fully saturated rings. The van der Waals surface area contributed by atoms with Crippen molar-refractivity contribution in [1.82, 2.24) is 25.0 Å². The summed E-state index contributed by atoms with van der Waals surface area (Å²) in [6, 6.07) is 0. The lowest BCUT2D eigenvalue weighted by molar-refractivity contribution is 0.608. The van der Waals surface area contributed by atoms with E-state index in [2.05, 4.69) is 46.8 Å². The lowest BCUT2D eigenvalue weighted by atomic mass is 10.5. The third-order valence-electron chi connectivity index (χ3n) is 2.07. The number of nitrogens with zero attached hydrogens (tertiary/aromatic N) is 5. The summed E-state index contributed by atoms with van der Waals surface area (Å²) >= 11 is 3.39. The highest BCUT2D eigenvalue weighted by Gasteiger charge is 2.03. The predicted octanol–water partition coefficient (Wildman–Crippen LogP) is 0.984.